The maximum Gasteiger partial charge on any atom is 0.145 e. The minimum atomic E-state index is 0.690. The fraction of sp³-hybridized carbons (Fsp3) is 0.154. The summed E-state index contributed by atoms with van der Waals surface area (Å²) in [6.45, 7) is 2.69. The molecule has 18 heavy (non-hydrogen) atoms. The Morgan fingerprint density at radius 1 is 1.17 bits per heavy atom. The Kier molecular flexibility index (Phi) is 2.64. The zero-order chi connectivity index (χ0) is 12.4. The molecule has 0 saturated heterocycles. The van der Waals surface area contributed by atoms with E-state index in [-0.39, 0.29) is 0 Å². The molecule has 0 spiro atoms. The third-order valence-corrected chi connectivity index (χ3v) is 2.84. The topological polar surface area (TPSA) is 66.5 Å². The van der Waals surface area contributed by atoms with Crippen molar-refractivity contribution in [2.45, 2.75) is 13.5 Å². The molecule has 2 aromatic heterocycles. The van der Waals surface area contributed by atoms with Gasteiger partial charge in [-0.2, -0.15) is 5.10 Å². The number of anilines is 1. The average Bonchev–Trinajstić information content (AvgIpc) is 2.82. The van der Waals surface area contributed by atoms with Crippen molar-refractivity contribution in [2.24, 2.45) is 0 Å². The van der Waals surface area contributed by atoms with Gasteiger partial charge in [0.2, 0.25) is 0 Å². The van der Waals surface area contributed by atoms with E-state index in [0.29, 0.717) is 6.54 Å². The van der Waals surface area contributed by atoms with Crippen LogP contribution in [0.3, 0.4) is 0 Å². The van der Waals surface area contributed by atoms with Crippen LogP contribution in [0, 0.1) is 6.92 Å². The first-order valence-corrected chi connectivity index (χ1v) is 5.77. The summed E-state index contributed by atoms with van der Waals surface area (Å²) in [7, 11) is 0. The van der Waals surface area contributed by atoms with E-state index < -0.39 is 0 Å². The highest BCUT2D eigenvalue weighted by atomic mass is 15.1. The van der Waals surface area contributed by atoms with E-state index in [1.165, 1.54) is 0 Å². The summed E-state index contributed by atoms with van der Waals surface area (Å²) >= 11 is 0. The lowest BCUT2D eigenvalue weighted by Crippen LogP contribution is -2.02. The molecule has 0 aliphatic carbocycles. The number of para-hydroxylation sites is 2. The Labute approximate surface area is 104 Å². The van der Waals surface area contributed by atoms with Crippen LogP contribution in [0.2, 0.25) is 0 Å². The fourth-order valence-electron chi connectivity index (χ4n) is 1.78. The molecule has 0 fully saturated rings. The molecule has 3 aromatic rings. The largest absolute Gasteiger partial charge is 0.365 e. The number of aromatic amines is 1. The molecule has 5 nitrogen and oxygen atoms in total. The highest BCUT2D eigenvalue weighted by Gasteiger charge is 2.02. The van der Waals surface area contributed by atoms with Gasteiger partial charge in [-0.1, -0.05) is 12.1 Å². The summed E-state index contributed by atoms with van der Waals surface area (Å²) < 4.78 is 0. The molecule has 2 heterocycles. The number of nitrogens with zero attached hydrogens (tertiary/aromatic N) is 3. The number of aryl methyl sites for hydroxylation is 1. The third-order valence-electron chi connectivity index (χ3n) is 2.84. The molecule has 0 saturated carbocycles. The van der Waals surface area contributed by atoms with E-state index in [0.717, 1.165) is 28.1 Å². The van der Waals surface area contributed by atoms with Gasteiger partial charge in [0.1, 0.15) is 5.82 Å². The number of H-pyrrole nitrogens is 1. The lowest BCUT2D eigenvalue weighted by atomic mass is 10.2. The summed E-state index contributed by atoms with van der Waals surface area (Å²) in [5.74, 6) is 0.773. The van der Waals surface area contributed by atoms with Crippen molar-refractivity contribution in [1.82, 2.24) is 20.2 Å². The molecule has 0 radical (unpaired) electrons. The smallest absolute Gasteiger partial charge is 0.145 e. The number of nitrogens with one attached hydrogen (secondary N) is 2. The maximum atomic E-state index is 4.50. The second-order valence-corrected chi connectivity index (χ2v) is 4.12. The lowest BCUT2D eigenvalue weighted by Gasteiger charge is -2.05. The van der Waals surface area contributed by atoms with Crippen LogP contribution >= 0.6 is 0 Å². The van der Waals surface area contributed by atoms with Crippen molar-refractivity contribution in [3.63, 3.8) is 0 Å². The number of aromatic nitrogens is 4. The van der Waals surface area contributed by atoms with Crippen LogP contribution in [0.1, 0.15) is 11.3 Å². The van der Waals surface area contributed by atoms with Crippen molar-refractivity contribution < 1.29 is 0 Å². The van der Waals surface area contributed by atoms with Gasteiger partial charge in [-0.25, -0.2) is 4.98 Å². The summed E-state index contributed by atoms with van der Waals surface area (Å²) in [5.41, 5.74) is 4.00. The molecule has 5 heteroatoms. The predicted octanol–water partition coefficient (Wildman–Crippen LogP) is 2.27. The monoisotopic (exact) mass is 239 g/mol. The SMILES string of the molecule is Cc1[nH]ncc1CNc1cnc2ccccc2n1. The van der Waals surface area contributed by atoms with Crippen LogP contribution in [-0.2, 0) is 6.54 Å². The van der Waals surface area contributed by atoms with Crippen molar-refractivity contribution in [1.29, 1.82) is 0 Å². The van der Waals surface area contributed by atoms with Gasteiger partial charge < -0.3 is 5.32 Å². The van der Waals surface area contributed by atoms with E-state index in [4.69, 9.17) is 0 Å². The second kappa shape index (κ2) is 4.44. The zero-order valence-corrected chi connectivity index (χ0v) is 10.0. The van der Waals surface area contributed by atoms with Gasteiger partial charge >= 0.3 is 0 Å². The van der Waals surface area contributed by atoms with Crippen LogP contribution in [0.4, 0.5) is 5.82 Å². The van der Waals surface area contributed by atoms with Gasteiger partial charge in [-0.15, -0.1) is 0 Å². The molecule has 90 valence electrons. The van der Waals surface area contributed by atoms with E-state index in [1.807, 2.05) is 37.4 Å². The highest BCUT2D eigenvalue weighted by molar-refractivity contribution is 5.75. The van der Waals surface area contributed by atoms with Gasteiger partial charge in [-0.3, -0.25) is 10.1 Å². The minimum Gasteiger partial charge on any atom is -0.365 e. The van der Waals surface area contributed by atoms with Gasteiger partial charge in [0.05, 0.1) is 23.4 Å². The number of hydrogen-bond acceptors (Lipinski definition) is 4. The maximum absolute atomic E-state index is 4.50. The summed E-state index contributed by atoms with van der Waals surface area (Å²) in [6, 6.07) is 7.82. The number of benzene rings is 1. The number of hydrogen-bond donors (Lipinski definition) is 2. The lowest BCUT2D eigenvalue weighted by molar-refractivity contribution is 1.04. The molecule has 0 aliphatic rings. The normalized spacial score (nSPS) is 10.7. The molecular formula is C13H13N5. The molecule has 0 unspecified atom stereocenters. The van der Waals surface area contributed by atoms with Crippen LogP contribution in [0.15, 0.2) is 36.7 Å². The molecule has 0 atom stereocenters. The molecular weight excluding hydrogens is 226 g/mol. The van der Waals surface area contributed by atoms with Crippen LogP contribution in [0.5, 0.6) is 0 Å². The summed E-state index contributed by atoms with van der Waals surface area (Å²) in [6.07, 6.45) is 3.56. The Hall–Kier alpha value is -2.43. The number of fused-ring (bicyclic) bond motifs is 1. The van der Waals surface area contributed by atoms with Crippen molar-refractivity contribution in [2.75, 3.05) is 5.32 Å². The molecule has 0 amide bonds. The summed E-state index contributed by atoms with van der Waals surface area (Å²) in [4.78, 5) is 8.86. The number of rotatable bonds is 3. The molecule has 1 aromatic carbocycles. The Morgan fingerprint density at radius 3 is 2.78 bits per heavy atom. The predicted molar refractivity (Wildman–Crippen MR) is 70.2 cm³/mol. The van der Waals surface area contributed by atoms with Crippen molar-refractivity contribution in [3.8, 4) is 0 Å². The van der Waals surface area contributed by atoms with Gasteiger partial charge in [0.25, 0.3) is 0 Å². The van der Waals surface area contributed by atoms with Gasteiger partial charge in [-0.05, 0) is 19.1 Å². The first kappa shape index (κ1) is 10.7. The third kappa shape index (κ3) is 2.02. The Morgan fingerprint density at radius 2 is 2.00 bits per heavy atom. The van der Waals surface area contributed by atoms with Crippen molar-refractivity contribution in [3.05, 3.63) is 47.9 Å². The zero-order valence-electron chi connectivity index (χ0n) is 10.0. The fourth-order valence-corrected chi connectivity index (χ4v) is 1.78. The van der Waals surface area contributed by atoms with Crippen LogP contribution in [-0.4, -0.2) is 20.2 Å². The first-order chi connectivity index (χ1) is 8.83. The van der Waals surface area contributed by atoms with Crippen LogP contribution < -0.4 is 5.32 Å². The Bertz CT molecular complexity index is 674. The van der Waals surface area contributed by atoms with E-state index >= 15 is 0 Å². The minimum absolute atomic E-state index is 0.690. The highest BCUT2D eigenvalue weighted by Crippen LogP contribution is 2.12. The quantitative estimate of drug-likeness (QED) is 0.735. The van der Waals surface area contributed by atoms with E-state index in [2.05, 4.69) is 25.5 Å². The van der Waals surface area contributed by atoms with Gasteiger partial charge in [0.15, 0.2) is 0 Å². The van der Waals surface area contributed by atoms with Crippen LogP contribution in [0.25, 0.3) is 11.0 Å². The first-order valence-electron chi connectivity index (χ1n) is 5.77. The Balaban J connectivity index is 1.81. The second-order valence-electron chi connectivity index (χ2n) is 4.12. The molecule has 0 aliphatic heterocycles. The molecule has 0 bridgehead atoms. The van der Waals surface area contributed by atoms with Crippen molar-refractivity contribution >= 4 is 16.9 Å². The van der Waals surface area contributed by atoms with E-state index in [1.54, 1.807) is 6.20 Å². The van der Waals surface area contributed by atoms with Gasteiger partial charge in [0, 0.05) is 17.8 Å². The summed E-state index contributed by atoms with van der Waals surface area (Å²) in [5, 5.41) is 10.1. The standard InChI is InChI=1S/C13H13N5/c1-9-10(7-16-18-9)6-15-13-8-14-11-4-2-3-5-12(11)17-13/h2-5,7-8H,6H2,1H3,(H,15,17)(H,16,18). The average molecular weight is 239 g/mol. The molecule has 3 rings (SSSR count). The van der Waals surface area contributed by atoms with E-state index in [9.17, 15) is 0 Å². The molecule has 2 N–H and O–H groups in total.